The third kappa shape index (κ3) is 6.43. The van der Waals surface area contributed by atoms with Crippen molar-refractivity contribution in [2.45, 2.75) is 37.1 Å². The van der Waals surface area contributed by atoms with E-state index in [1.54, 1.807) is 37.3 Å². The summed E-state index contributed by atoms with van der Waals surface area (Å²) < 4.78 is 33.0. The fraction of sp³-hybridized carbons (Fsp3) is 0.308. The number of halogens is 1. The lowest BCUT2D eigenvalue weighted by molar-refractivity contribution is -0.115. The third-order valence-corrected chi connectivity index (χ3v) is 8.61. The van der Waals surface area contributed by atoms with Crippen molar-refractivity contribution in [3.05, 3.63) is 64.9 Å². The normalized spacial score (nSPS) is 14.4. The fourth-order valence-corrected chi connectivity index (χ4v) is 6.03. The van der Waals surface area contributed by atoms with Gasteiger partial charge in [0.25, 0.3) is 11.8 Å². The van der Waals surface area contributed by atoms with Gasteiger partial charge in [0.2, 0.25) is 15.9 Å². The van der Waals surface area contributed by atoms with E-state index in [1.165, 1.54) is 29.7 Å². The van der Waals surface area contributed by atoms with Crippen LogP contribution in [0.4, 0.5) is 11.4 Å². The Hall–Kier alpha value is -3.94. The van der Waals surface area contributed by atoms with Gasteiger partial charge in [0.1, 0.15) is 17.0 Å². The predicted molar refractivity (Wildman–Crippen MR) is 149 cm³/mol. The van der Waals surface area contributed by atoms with Crippen molar-refractivity contribution in [1.82, 2.24) is 19.8 Å². The number of carbonyl (C=O) groups excluding carboxylic acids is 3. The summed E-state index contributed by atoms with van der Waals surface area (Å²) in [5, 5.41) is 14.8. The van der Waals surface area contributed by atoms with Crippen LogP contribution in [0.2, 0.25) is 5.02 Å². The molecule has 40 heavy (non-hydrogen) atoms. The van der Waals surface area contributed by atoms with E-state index < -0.39 is 21.8 Å². The van der Waals surface area contributed by atoms with Crippen molar-refractivity contribution in [1.29, 1.82) is 0 Å². The fourth-order valence-electron chi connectivity index (χ4n) is 4.26. The summed E-state index contributed by atoms with van der Waals surface area (Å²) in [7, 11) is -2.38. The Bertz CT molecular complexity index is 1520. The highest BCUT2D eigenvalue weighted by molar-refractivity contribution is 7.89. The zero-order valence-electron chi connectivity index (χ0n) is 21.9. The highest BCUT2D eigenvalue weighted by atomic mass is 35.5. The third-order valence-electron chi connectivity index (χ3n) is 6.40. The molecule has 14 heteroatoms. The second kappa shape index (κ2) is 12.5. The Kier molecular flexibility index (Phi) is 9.07. The molecule has 1 aliphatic heterocycles. The minimum atomic E-state index is -3.79. The molecule has 3 aromatic rings. The van der Waals surface area contributed by atoms with Crippen LogP contribution < -0.4 is 20.7 Å². The summed E-state index contributed by atoms with van der Waals surface area (Å²) in [6.07, 6.45) is 2.34. The van der Waals surface area contributed by atoms with Crippen molar-refractivity contribution in [3.8, 4) is 5.75 Å². The molecule has 0 bridgehead atoms. The first-order valence-electron chi connectivity index (χ1n) is 12.5. The largest absolute Gasteiger partial charge is 0.496 e. The van der Waals surface area contributed by atoms with Gasteiger partial charge in [-0.1, -0.05) is 30.7 Å². The molecule has 3 amide bonds. The maximum atomic E-state index is 13.2. The molecule has 1 saturated heterocycles. The maximum Gasteiger partial charge on any atom is 0.271 e. The number of aromatic nitrogens is 2. The van der Waals surface area contributed by atoms with Crippen LogP contribution in [-0.4, -0.2) is 66.9 Å². The molecule has 0 aliphatic carbocycles. The molecular weight excluding hydrogens is 560 g/mol. The number of rotatable bonds is 9. The molecule has 212 valence electrons. The van der Waals surface area contributed by atoms with E-state index in [4.69, 9.17) is 16.3 Å². The maximum absolute atomic E-state index is 13.2. The number of aromatic amines is 1. The lowest BCUT2D eigenvalue weighted by Gasteiger charge is -2.31. The number of anilines is 2. The van der Waals surface area contributed by atoms with Crippen molar-refractivity contribution in [2.24, 2.45) is 0 Å². The molecule has 1 aliphatic rings. The Labute approximate surface area is 236 Å². The lowest BCUT2D eigenvalue weighted by Crippen LogP contribution is -2.46. The summed E-state index contributed by atoms with van der Waals surface area (Å²) in [5.74, 6) is -1.01. The van der Waals surface area contributed by atoms with Gasteiger partial charge in [-0.3, -0.25) is 19.5 Å². The lowest BCUT2D eigenvalue weighted by atomic mass is 10.1. The average Bonchev–Trinajstić information content (AvgIpc) is 3.41. The van der Waals surface area contributed by atoms with E-state index in [-0.39, 0.29) is 64.1 Å². The summed E-state index contributed by atoms with van der Waals surface area (Å²) in [5.41, 5.74) is 0.719. The van der Waals surface area contributed by atoms with Crippen LogP contribution >= 0.6 is 11.6 Å². The SMILES string of the molecule is CCC(=O)Nc1cccc(S(=O)(=O)N2CCC(NC(=O)c3[nH]ncc3NC(=O)c3c(Cl)cccc3OC)CC2)c1. The smallest absolute Gasteiger partial charge is 0.271 e. The number of benzene rings is 2. The quantitative estimate of drug-likeness (QED) is 0.298. The van der Waals surface area contributed by atoms with E-state index in [1.807, 2.05) is 0 Å². The number of H-pyrrole nitrogens is 1. The molecule has 0 unspecified atom stereocenters. The number of nitrogens with zero attached hydrogens (tertiary/aromatic N) is 2. The first kappa shape index (κ1) is 29.1. The van der Waals surface area contributed by atoms with E-state index in [0.717, 1.165) is 0 Å². The Balaban J connectivity index is 1.37. The average molecular weight is 589 g/mol. The second-order valence-corrected chi connectivity index (χ2v) is 11.4. The van der Waals surface area contributed by atoms with Crippen LogP contribution in [0.3, 0.4) is 0 Å². The minimum absolute atomic E-state index is 0.0420. The number of hydrogen-bond acceptors (Lipinski definition) is 7. The highest BCUT2D eigenvalue weighted by Crippen LogP contribution is 2.28. The number of nitrogens with one attached hydrogen (secondary N) is 4. The summed E-state index contributed by atoms with van der Waals surface area (Å²) in [4.78, 5) is 37.7. The van der Waals surface area contributed by atoms with Crippen LogP contribution in [0.25, 0.3) is 0 Å². The van der Waals surface area contributed by atoms with Crippen molar-refractivity contribution in [3.63, 3.8) is 0 Å². The number of amides is 3. The van der Waals surface area contributed by atoms with Crippen LogP contribution in [0, 0.1) is 0 Å². The van der Waals surface area contributed by atoms with Gasteiger partial charge in [0.15, 0.2) is 0 Å². The topological polar surface area (TPSA) is 163 Å². The molecular formula is C26H29ClN6O6S. The molecule has 0 atom stereocenters. The summed E-state index contributed by atoms with van der Waals surface area (Å²) in [6, 6.07) is 10.6. The summed E-state index contributed by atoms with van der Waals surface area (Å²) in [6.45, 7) is 2.09. The van der Waals surface area contributed by atoms with Crippen molar-refractivity contribution < 1.29 is 27.5 Å². The van der Waals surface area contributed by atoms with Gasteiger partial charge >= 0.3 is 0 Å². The minimum Gasteiger partial charge on any atom is -0.496 e. The van der Waals surface area contributed by atoms with Gasteiger partial charge in [-0.15, -0.1) is 0 Å². The molecule has 0 saturated carbocycles. The molecule has 12 nitrogen and oxygen atoms in total. The second-order valence-electron chi connectivity index (χ2n) is 9.01. The van der Waals surface area contributed by atoms with Crippen molar-refractivity contribution in [2.75, 3.05) is 30.8 Å². The zero-order valence-corrected chi connectivity index (χ0v) is 23.4. The van der Waals surface area contributed by atoms with Crippen LogP contribution in [0.5, 0.6) is 5.75 Å². The number of sulfonamides is 1. The number of ether oxygens (including phenoxy) is 1. The molecule has 1 fully saturated rings. The van der Waals surface area contributed by atoms with Gasteiger partial charge < -0.3 is 20.7 Å². The standard InChI is InChI=1S/C26H29ClN6O6S/c1-3-22(34)29-17-6-4-7-18(14-17)40(37,38)33-12-10-16(11-13-33)30-26(36)24-20(15-28-32-24)31-25(35)23-19(27)8-5-9-21(23)39-2/h4-9,14-16H,3,10-13H2,1-2H3,(H,28,32)(H,29,34)(H,30,36)(H,31,35). The van der Waals surface area contributed by atoms with Gasteiger partial charge in [-0.2, -0.15) is 9.40 Å². The summed E-state index contributed by atoms with van der Waals surface area (Å²) >= 11 is 6.18. The van der Waals surface area contributed by atoms with Crippen LogP contribution in [0.1, 0.15) is 47.0 Å². The Morgan fingerprint density at radius 1 is 1.10 bits per heavy atom. The van der Waals surface area contributed by atoms with E-state index in [2.05, 4.69) is 26.1 Å². The van der Waals surface area contributed by atoms with Gasteiger partial charge in [0, 0.05) is 31.2 Å². The first-order chi connectivity index (χ1) is 19.1. The molecule has 2 heterocycles. The van der Waals surface area contributed by atoms with E-state index in [0.29, 0.717) is 18.5 Å². The number of piperidine rings is 1. The molecule has 4 rings (SSSR count). The first-order valence-corrected chi connectivity index (χ1v) is 14.3. The molecule has 2 aromatic carbocycles. The number of carbonyl (C=O) groups is 3. The zero-order chi connectivity index (χ0) is 28.9. The van der Waals surface area contributed by atoms with Crippen molar-refractivity contribution >= 4 is 50.7 Å². The number of methoxy groups -OCH3 is 1. The highest BCUT2D eigenvalue weighted by Gasteiger charge is 2.31. The Morgan fingerprint density at radius 2 is 1.82 bits per heavy atom. The molecule has 4 N–H and O–H groups in total. The van der Waals surface area contributed by atoms with Gasteiger partial charge in [-0.05, 0) is 43.2 Å². The van der Waals surface area contributed by atoms with E-state index >= 15 is 0 Å². The van der Waals surface area contributed by atoms with Crippen LogP contribution in [-0.2, 0) is 14.8 Å². The predicted octanol–water partition coefficient (Wildman–Crippen LogP) is 3.26. The Morgan fingerprint density at radius 3 is 2.52 bits per heavy atom. The van der Waals surface area contributed by atoms with Crippen LogP contribution in [0.15, 0.2) is 53.6 Å². The number of hydrogen-bond donors (Lipinski definition) is 4. The molecule has 0 radical (unpaired) electrons. The molecule has 1 aromatic heterocycles. The molecule has 0 spiro atoms. The van der Waals surface area contributed by atoms with Gasteiger partial charge in [0.05, 0.1) is 28.9 Å². The van der Waals surface area contributed by atoms with Gasteiger partial charge in [-0.25, -0.2) is 8.42 Å². The van der Waals surface area contributed by atoms with E-state index in [9.17, 15) is 22.8 Å². The monoisotopic (exact) mass is 588 g/mol.